The van der Waals surface area contributed by atoms with Gasteiger partial charge in [-0.25, -0.2) is 0 Å². The quantitative estimate of drug-likeness (QED) is 0.440. The van der Waals surface area contributed by atoms with Crippen LogP contribution in [0.25, 0.3) is 0 Å². The highest BCUT2D eigenvalue weighted by Gasteiger charge is 2.37. The molecule has 30 heavy (non-hydrogen) atoms. The third-order valence-corrected chi connectivity index (χ3v) is 6.94. The number of nitrogens with zero attached hydrogens (tertiary/aromatic N) is 2. The zero-order chi connectivity index (χ0) is 22.3. The molecular formula is C24H41N3O3. The van der Waals surface area contributed by atoms with Crippen molar-refractivity contribution < 1.29 is 14.7 Å². The summed E-state index contributed by atoms with van der Waals surface area (Å²) in [7, 11) is 1.76. The van der Waals surface area contributed by atoms with Crippen molar-refractivity contribution in [2.75, 3.05) is 20.1 Å². The van der Waals surface area contributed by atoms with Gasteiger partial charge >= 0.3 is 0 Å². The second-order valence-corrected chi connectivity index (χ2v) is 9.09. The first kappa shape index (κ1) is 24.4. The van der Waals surface area contributed by atoms with Crippen molar-refractivity contribution in [2.45, 2.75) is 90.3 Å². The van der Waals surface area contributed by atoms with E-state index in [0.29, 0.717) is 18.2 Å². The Labute approximate surface area is 182 Å². The highest BCUT2D eigenvalue weighted by Crippen LogP contribution is 2.29. The van der Waals surface area contributed by atoms with Gasteiger partial charge in [0.15, 0.2) is 0 Å². The zero-order valence-corrected chi connectivity index (χ0v) is 19.3. The average molecular weight is 420 g/mol. The van der Waals surface area contributed by atoms with Gasteiger partial charge in [0.1, 0.15) is 11.8 Å². The summed E-state index contributed by atoms with van der Waals surface area (Å²) in [6.07, 6.45) is 10.0. The lowest BCUT2D eigenvalue weighted by molar-refractivity contribution is -0.139. The number of aliphatic hydroxyl groups excluding tert-OH is 1. The molecule has 0 spiro atoms. The highest BCUT2D eigenvalue weighted by molar-refractivity contribution is 5.90. The van der Waals surface area contributed by atoms with Gasteiger partial charge in [-0.3, -0.25) is 14.5 Å². The summed E-state index contributed by atoms with van der Waals surface area (Å²) in [5, 5.41) is 12.6. The van der Waals surface area contributed by atoms with Crippen LogP contribution in [0.5, 0.6) is 0 Å². The number of carbonyl (C=O) groups excluding carboxylic acids is 2. The monoisotopic (exact) mass is 419 g/mol. The summed E-state index contributed by atoms with van der Waals surface area (Å²) >= 11 is 0. The molecule has 2 fully saturated rings. The molecule has 0 aromatic carbocycles. The number of rotatable bonds is 9. The van der Waals surface area contributed by atoms with Gasteiger partial charge in [0.25, 0.3) is 0 Å². The number of hydrogen-bond donors (Lipinski definition) is 2. The van der Waals surface area contributed by atoms with Crippen LogP contribution in [0.2, 0.25) is 0 Å². The van der Waals surface area contributed by atoms with Crippen molar-refractivity contribution in [1.82, 2.24) is 15.1 Å². The Balaban J connectivity index is 2.12. The normalized spacial score (nSPS) is 23.1. The van der Waals surface area contributed by atoms with Crippen LogP contribution in [0, 0.1) is 5.92 Å². The maximum atomic E-state index is 13.3. The minimum absolute atomic E-state index is 0.00380. The second kappa shape index (κ2) is 11.5. The topological polar surface area (TPSA) is 72.9 Å². The Morgan fingerprint density at radius 3 is 2.47 bits per heavy atom. The molecule has 0 aromatic heterocycles. The molecule has 1 saturated heterocycles. The van der Waals surface area contributed by atoms with Gasteiger partial charge in [-0.1, -0.05) is 38.8 Å². The molecule has 0 bridgehead atoms. The predicted molar refractivity (Wildman–Crippen MR) is 121 cm³/mol. The third-order valence-electron chi connectivity index (χ3n) is 6.94. The summed E-state index contributed by atoms with van der Waals surface area (Å²) in [6, 6.07) is -0.253. The highest BCUT2D eigenvalue weighted by atomic mass is 16.3. The maximum absolute atomic E-state index is 13.3. The molecule has 1 aliphatic heterocycles. The lowest BCUT2D eigenvalue weighted by Crippen LogP contribution is -2.58. The first-order valence-electron chi connectivity index (χ1n) is 11.6. The molecule has 6 nitrogen and oxygen atoms in total. The number of likely N-dealkylation sites (tertiary alicyclic amines) is 1. The van der Waals surface area contributed by atoms with Crippen LogP contribution < -0.4 is 5.32 Å². The molecule has 2 rings (SSSR count). The van der Waals surface area contributed by atoms with Crippen molar-refractivity contribution in [3.8, 4) is 0 Å². The van der Waals surface area contributed by atoms with Crippen LogP contribution >= 0.6 is 0 Å². The molecule has 2 unspecified atom stereocenters. The van der Waals surface area contributed by atoms with E-state index < -0.39 is 6.04 Å². The standard InChI is InChI=1S/C24H41N3O3/c1-6-18(3)27-15-10-9-13-21(27)23(29)25-22(20-11-7-8-12-20)24(30)26(5)16-14-17(2)19(4)28/h14,18,20-22,28H,4,6-13,15-16H2,1-3,5H3,(H,25,29)/b17-14+/t18?,21-,22?/m1/s1. The van der Waals surface area contributed by atoms with Crippen LogP contribution in [0.4, 0.5) is 0 Å². The number of carbonyl (C=O) groups is 2. The van der Waals surface area contributed by atoms with Gasteiger partial charge < -0.3 is 15.3 Å². The smallest absolute Gasteiger partial charge is 0.245 e. The summed E-state index contributed by atoms with van der Waals surface area (Å²) in [5.41, 5.74) is 0.655. The molecule has 2 amide bonds. The molecule has 2 N–H and O–H groups in total. The fourth-order valence-corrected chi connectivity index (χ4v) is 4.64. The number of nitrogens with one attached hydrogen (secondary N) is 1. The largest absolute Gasteiger partial charge is 0.508 e. The lowest BCUT2D eigenvalue weighted by Gasteiger charge is -2.39. The zero-order valence-electron chi connectivity index (χ0n) is 19.3. The van der Waals surface area contributed by atoms with Gasteiger partial charge in [-0.2, -0.15) is 0 Å². The van der Waals surface area contributed by atoms with Crippen LogP contribution in [0.15, 0.2) is 24.0 Å². The third kappa shape index (κ3) is 6.34. The first-order valence-corrected chi connectivity index (χ1v) is 11.6. The Kier molecular flexibility index (Phi) is 9.40. The fraction of sp³-hybridized carbons (Fsp3) is 0.750. The molecule has 2 aliphatic rings. The van der Waals surface area contributed by atoms with Gasteiger partial charge in [0.2, 0.25) is 11.8 Å². The van der Waals surface area contributed by atoms with E-state index in [-0.39, 0.29) is 29.5 Å². The van der Waals surface area contributed by atoms with E-state index in [2.05, 4.69) is 30.6 Å². The van der Waals surface area contributed by atoms with Crippen LogP contribution in [-0.2, 0) is 9.59 Å². The molecule has 1 aliphatic carbocycles. The molecule has 3 atom stereocenters. The predicted octanol–water partition coefficient (Wildman–Crippen LogP) is 3.79. The first-order chi connectivity index (χ1) is 14.3. The van der Waals surface area contributed by atoms with Crippen LogP contribution in [0.1, 0.15) is 72.1 Å². The number of aliphatic hydroxyl groups is 1. The van der Waals surface area contributed by atoms with E-state index in [1.165, 1.54) is 0 Å². The minimum atomic E-state index is -0.475. The Hall–Kier alpha value is -1.82. The van der Waals surface area contributed by atoms with Gasteiger partial charge in [0, 0.05) is 19.6 Å². The minimum Gasteiger partial charge on any atom is -0.508 e. The van der Waals surface area contributed by atoms with E-state index in [4.69, 9.17) is 0 Å². The van der Waals surface area contributed by atoms with Crippen molar-refractivity contribution in [3.05, 3.63) is 24.0 Å². The molecule has 0 aromatic rings. The average Bonchev–Trinajstić information content (AvgIpc) is 3.28. The number of amides is 2. The van der Waals surface area contributed by atoms with Crippen LogP contribution in [0.3, 0.4) is 0 Å². The molecule has 0 radical (unpaired) electrons. The summed E-state index contributed by atoms with van der Waals surface area (Å²) < 4.78 is 0. The van der Waals surface area contributed by atoms with Crippen molar-refractivity contribution >= 4 is 11.8 Å². The fourth-order valence-electron chi connectivity index (χ4n) is 4.64. The van der Waals surface area contributed by atoms with Gasteiger partial charge in [0.05, 0.1) is 6.04 Å². The van der Waals surface area contributed by atoms with E-state index in [9.17, 15) is 14.7 Å². The maximum Gasteiger partial charge on any atom is 0.245 e. The Morgan fingerprint density at radius 1 is 1.23 bits per heavy atom. The number of piperidine rings is 1. The van der Waals surface area contributed by atoms with Gasteiger partial charge in [-0.05, 0) is 64.0 Å². The second-order valence-electron chi connectivity index (χ2n) is 9.09. The molecule has 1 saturated carbocycles. The molecule has 1 heterocycles. The Morgan fingerprint density at radius 2 is 1.87 bits per heavy atom. The molecule has 170 valence electrons. The summed E-state index contributed by atoms with van der Waals surface area (Å²) in [6.45, 7) is 11.0. The molecule has 6 heteroatoms. The SMILES string of the molecule is C=C(O)/C(C)=C/CN(C)C(=O)C(NC(=O)[C@H]1CCCCN1C(C)CC)C1CCCC1. The van der Waals surface area contributed by atoms with E-state index in [1.807, 2.05) is 0 Å². The van der Waals surface area contributed by atoms with E-state index in [0.717, 1.165) is 57.9 Å². The molecular weight excluding hydrogens is 378 g/mol. The van der Waals surface area contributed by atoms with E-state index in [1.54, 1.807) is 24.9 Å². The summed E-state index contributed by atoms with van der Waals surface area (Å²) in [5.74, 6) is 0.166. The van der Waals surface area contributed by atoms with Crippen molar-refractivity contribution in [2.24, 2.45) is 5.92 Å². The van der Waals surface area contributed by atoms with Crippen molar-refractivity contribution in [1.29, 1.82) is 0 Å². The van der Waals surface area contributed by atoms with Gasteiger partial charge in [-0.15, -0.1) is 0 Å². The van der Waals surface area contributed by atoms with E-state index >= 15 is 0 Å². The number of hydrogen-bond acceptors (Lipinski definition) is 4. The number of allylic oxidation sites excluding steroid dienone is 1. The Bertz CT molecular complexity index is 640. The number of likely N-dealkylation sites (N-methyl/N-ethyl adjacent to an activating group) is 1. The lowest BCUT2D eigenvalue weighted by atomic mass is 9.94. The van der Waals surface area contributed by atoms with Crippen molar-refractivity contribution in [3.63, 3.8) is 0 Å². The van der Waals surface area contributed by atoms with Crippen LogP contribution in [-0.4, -0.2) is 65.0 Å². The summed E-state index contributed by atoms with van der Waals surface area (Å²) in [4.78, 5) is 30.5.